The summed E-state index contributed by atoms with van der Waals surface area (Å²) < 4.78 is 18.6. The van der Waals surface area contributed by atoms with E-state index in [9.17, 15) is 19.1 Å². The Morgan fingerprint density at radius 3 is 2.65 bits per heavy atom. The summed E-state index contributed by atoms with van der Waals surface area (Å²) in [5.41, 5.74) is 0.295. The lowest BCUT2D eigenvalue weighted by Crippen LogP contribution is -2.35. The third kappa shape index (κ3) is 2.90. The van der Waals surface area contributed by atoms with Gasteiger partial charge in [-0.25, -0.2) is 9.18 Å². The van der Waals surface area contributed by atoms with Crippen molar-refractivity contribution >= 4 is 11.9 Å². The molecule has 124 valence electrons. The van der Waals surface area contributed by atoms with Crippen LogP contribution >= 0.6 is 0 Å². The molecule has 2 aliphatic rings. The SMILES string of the molecule is COc1ccc(C(NC(=O)C2CC23CCCC3)C(=O)O)cc1F. The number of methoxy groups -OCH3 is 1. The molecule has 2 aliphatic carbocycles. The lowest BCUT2D eigenvalue weighted by molar-refractivity contribution is -0.142. The zero-order chi connectivity index (χ0) is 16.6. The van der Waals surface area contributed by atoms with Crippen LogP contribution in [0.4, 0.5) is 4.39 Å². The highest BCUT2D eigenvalue weighted by Crippen LogP contribution is 2.62. The molecule has 2 unspecified atom stereocenters. The Morgan fingerprint density at radius 1 is 1.39 bits per heavy atom. The van der Waals surface area contributed by atoms with Crippen LogP contribution in [0.15, 0.2) is 18.2 Å². The number of carboxylic acid groups (broad SMARTS) is 1. The Bertz CT molecular complexity index is 639. The number of amides is 1. The van der Waals surface area contributed by atoms with Crippen LogP contribution in [-0.4, -0.2) is 24.1 Å². The Kier molecular flexibility index (Phi) is 4.00. The number of hydrogen-bond donors (Lipinski definition) is 2. The Morgan fingerprint density at radius 2 is 2.09 bits per heavy atom. The third-order valence-corrected chi connectivity index (χ3v) is 5.15. The molecule has 2 N–H and O–H groups in total. The molecule has 0 radical (unpaired) electrons. The first kappa shape index (κ1) is 15.8. The van der Waals surface area contributed by atoms with E-state index in [4.69, 9.17) is 4.74 Å². The molecule has 1 spiro atoms. The number of ether oxygens (including phenoxy) is 1. The van der Waals surface area contributed by atoms with E-state index in [1.807, 2.05) is 0 Å². The van der Waals surface area contributed by atoms with Crippen LogP contribution in [0.25, 0.3) is 0 Å². The van der Waals surface area contributed by atoms with Crippen LogP contribution in [0.5, 0.6) is 5.75 Å². The number of carbonyl (C=O) groups is 2. The van der Waals surface area contributed by atoms with Crippen molar-refractivity contribution in [2.24, 2.45) is 11.3 Å². The summed E-state index contributed by atoms with van der Waals surface area (Å²) in [6, 6.07) is 2.67. The first-order valence-electron chi connectivity index (χ1n) is 7.83. The summed E-state index contributed by atoms with van der Waals surface area (Å²) in [7, 11) is 1.34. The maximum Gasteiger partial charge on any atom is 0.330 e. The lowest BCUT2D eigenvalue weighted by Gasteiger charge is -2.17. The number of carbonyl (C=O) groups excluding carboxylic acids is 1. The van der Waals surface area contributed by atoms with Crippen molar-refractivity contribution in [2.75, 3.05) is 7.11 Å². The molecular formula is C17H20FNO4. The van der Waals surface area contributed by atoms with Gasteiger partial charge in [-0.05, 0) is 42.4 Å². The van der Waals surface area contributed by atoms with E-state index in [0.29, 0.717) is 0 Å². The van der Waals surface area contributed by atoms with Gasteiger partial charge in [-0.2, -0.15) is 0 Å². The molecule has 2 atom stereocenters. The quantitative estimate of drug-likeness (QED) is 0.874. The first-order chi connectivity index (χ1) is 11.0. The molecule has 1 amide bonds. The van der Waals surface area contributed by atoms with E-state index in [-0.39, 0.29) is 28.6 Å². The predicted octanol–water partition coefficient (Wildman–Crippen LogP) is 2.66. The number of aliphatic carboxylic acids is 1. The molecule has 6 heteroatoms. The Labute approximate surface area is 133 Å². The highest BCUT2D eigenvalue weighted by molar-refractivity contribution is 5.88. The number of halogens is 1. The lowest BCUT2D eigenvalue weighted by atomic mass is 10.0. The molecule has 2 fully saturated rings. The minimum atomic E-state index is -1.25. The smallest absolute Gasteiger partial charge is 0.330 e. The second-order valence-electron chi connectivity index (χ2n) is 6.50. The van der Waals surface area contributed by atoms with Gasteiger partial charge in [0.1, 0.15) is 0 Å². The van der Waals surface area contributed by atoms with E-state index < -0.39 is 17.8 Å². The Hall–Kier alpha value is -2.11. The maximum absolute atomic E-state index is 13.8. The van der Waals surface area contributed by atoms with Gasteiger partial charge in [-0.3, -0.25) is 4.79 Å². The number of carboxylic acids is 1. The van der Waals surface area contributed by atoms with Crippen LogP contribution < -0.4 is 10.1 Å². The van der Waals surface area contributed by atoms with Gasteiger partial charge in [-0.15, -0.1) is 0 Å². The average Bonchev–Trinajstić information content (AvgIpc) is 3.01. The Balaban J connectivity index is 1.73. The number of nitrogens with one attached hydrogen (secondary N) is 1. The molecule has 0 bridgehead atoms. The van der Waals surface area contributed by atoms with Gasteiger partial charge in [-0.1, -0.05) is 18.9 Å². The van der Waals surface area contributed by atoms with E-state index in [0.717, 1.165) is 38.2 Å². The highest BCUT2D eigenvalue weighted by Gasteiger charge is 2.58. The molecule has 0 heterocycles. The van der Waals surface area contributed by atoms with E-state index >= 15 is 0 Å². The van der Waals surface area contributed by atoms with E-state index in [1.165, 1.54) is 19.2 Å². The third-order valence-electron chi connectivity index (χ3n) is 5.15. The standard InChI is InChI=1S/C17H20FNO4/c1-23-13-5-4-10(8-12(13)18)14(16(21)22)19-15(20)11-9-17(11)6-2-3-7-17/h4-5,8,11,14H,2-3,6-7,9H2,1H3,(H,19,20)(H,21,22). The van der Waals surface area contributed by atoms with Crippen molar-refractivity contribution in [3.63, 3.8) is 0 Å². The normalized spacial score (nSPS) is 22.6. The van der Waals surface area contributed by atoms with Crippen LogP contribution in [0.3, 0.4) is 0 Å². The molecule has 1 aromatic carbocycles. The second kappa shape index (κ2) is 5.83. The van der Waals surface area contributed by atoms with Crippen molar-refractivity contribution in [3.05, 3.63) is 29.6 Å². The fraction of sp³-hybridized carbons (Fsp3) is 0.529. The van der Waals surface area contributed by atoms with E-state index in [2.05, 4.69) is 5.32 Å². The van der Waals surface area contributed by atoms with Gasteiger partial charge < -0.3 is 15.2 Å². The summed E-state index contributed by atoms with van der Waals surface area (Å²) in [6.45, 7) is 0. The second-order valence-corrected chi connectivity index (χ2v) is 6.50. The largest absolute Gasteiger partial charge is 0.494 e. The maximum atomic E-state index is 13.8. The number of benzene rings is 1. The summed E-state index contributed by atoms with van der Waals surface area (Å²) in [5.74, 6) is -2.16. The van der Waals surface area contributed by atoms with Gasteiger partial charge >= 0.3 is 5.97 Å². The van der Waals surface area contributed by atoms with Crippen molar-refractivity contribution in [2.45, 2.75) is 38.1 Å². The van der Waals surface area contributed by atoms with Gasteiger partial charge in [0.25, 0.3) is 0 Å². The number of hydrogen-bond acceptors (Lipinski definition) is 3. The van der Waals surface area contributed by atoms with Crippen LogP contribution in [-0.2, 0) is 9.59 Å². The van der Waals surface area contributed by atoms with Gasteiger partial charge in [0.2, 0.25) is 5.91 Å². The molecule has 1 aromatic rings. The summed E-state index contributed by atoms with van der Waals surface area (Å²) in [6.07, 6.45) is 5.19. The average molecular weight is 321 g/mol. The molecule has 5 nitrogen and oxygen atoms in total. The zero-order valence-corrected chi connectivity index (χ0v) is 13.0. The summed E-state index contributed by atoms with van der Waals surface area (Å²) in [4.78, 5) is 23.9. The molecule has 3 rings (SSSR count). The molecule has 2 saturated carbocycles. The molecule has 0 aliphatic heterocycles. The van der Waals surface area contributed by atoms with Gasteiger partial charge in [0.05, 0.1) is 7.11 Å². The van der Waals surface area contributed by atoms with Gasteiger partial charge in [0.15, 0.2) is 17.6 Å². The fourth-order valence-corrected chi connectivity index (χ4v) is 3.74. The number of rotatable bonds is 5. The molecule has 0 saturated heterocycles. The molecule has 0 aromatic heterocycles. The monoisotopic (exact) mass is 321 g/mol. The first-order valence-corrected chi connectivity index (χ1v) is 7.83. The van der Waals surface area contributed by atoms with Crippen molar-refractivity contribution in [1.82, 2.24) is 5.32 Å². The molecule has 23 heavy (non-hydrogen) atoms. The van der Waals surface area contributed by atoms with Crippen molar-refractivity contribution < 1.29 is 23.8 Å². The summed E-state index contributed by atoms with van der Waals surface area (Å²) in [5, 5.41) is 11.9. The fourth-order valence-electron chi connectivity index (χ4n) is 3.74. The van der Waals surface area contributed by atoms with Crippen LogP contribution in [0, 0.1) is 17.2 Å². The van der Waals surface area contributed by atoms with Crippen molar-refractivity contribution in [3.8, 4) is 5.75 Å². The molecular weight excluding hydrogens is 301 g/mol. The summed E-state index contributed by atoms with van der Waals surface area (Å²) >= 11 is 0. The topological polar surface area (TPSA) is 75.6 Å². The van der Waals surface area contributed by atoms with Crippen molar-refractivity contribution in [1.29, 1.82) is 0 Å². The van der Waals surface area contributed by atoms with E-state index in [1.54, 1.807) is 0 Å². The van der Waals surface area contributed by atoms with Crippen LogP contribution in [0.2, 0.25) is 0 Å². The van der Waals surface area contributed by atoms with Gasteiger partial charge in [0, 0.05) is 5.92 Å². The van der Waals surface area contributed by atoms with Crippen LogP contribution in [0.1, 0.15) is 43.7 Å². The minimum Gasteiger partial charge on any atom is -0.494 e. The highest BCUT2D eigenvalue weighted by atomic mass is 19.1. The predicted molar refractivity (Wildman–Crippen MR) is 80.5 cm³/mol. The zero-order valence-electron chi connectivity index (χ0n) is 13.0. The minimum absolute atomic E-state index is 0.0383.